The molecule has 0 heterocycles. The van der Waals surface area contributed by atoms with Crippen molar-refractivity contribution in [1.82, 2.24) is 16.2 Å². The minimum Gasteiger partial charge on any atom is -0.322 e. The van der Waals surface area contributed by atoms with Crippen molar-refractivity contribution in [2.24, 2.45) is 0 Å². The molecule has 24 heavy (non-hydrogen) atoms. The largest absolute Gasteiger partial charge is 0.322 e. The molecule has 0 saturated carbocycles. The molecule has 2 aromatic rings. The molecule has 0 unspecified atom stereocenters. The summed E-state index contributed by atoms with van der Waals surface area (Å²) >= 11 is 0. The van der Waals surface area contributed by atoms with Crippen LogP contribution in [0.1, 0.15) is 22.8 Å². The second-order valence-corrected chi connectivity index (χ2v) is 4.92. The Balaban J connectivity index is 2.07. The summed E-state index contributed by atoms with van der Waals surface area (Å²) in [7, 11) is 0. The average Bonchev–Trinajstić information content (AvgIpc) is 2.60. The fourth-order valence-corrected chi connectivity index (χ4v) is 1.91. The van der Waals surface area contributed by atoms with Crippen molar-refractivity contribution in [2.75, 3.05) is 0 Å². The van der Waals surface area contributed by atoms with Gasteiger partial charge in [-0.05, 0) is 23.8 Å². The van der Waals surface area contributed by atoms with Crippen LogP contribution in [-0.2, 0) is 9.59 Å². The Labute approximate surface area is 139 Å². The van der Waals surface area contributed by atoms with E-state index in [1.807, 2.05) is 18.2 Å². The predicted octanol–water partition coefficient (Wildman–Crippen LogP) is 1.62. The highest BCUT2D eigenvalue weighted by molar-refractivity contribution is 6.02. The molecule has 0 aliphatic heterocycles. The molecule has 0 aliphatic carbocycles. The molecule has 0 spiro atoms. The summed E-state index contributed by atoms with van der Waals surface area (Å²) in [5.41, 5.74) is 5.77. The van der Waals surface area contributed by atoms with Gasteiger partial charge in [-0.2, -0.15) is 0 Å². The number of benzene rings is 2. The van der Waals surface area contributed by atoms with Crippen LogP contribution >= 0.6 is 0 Å². The summed E-state index contributed by atoms with van der Waals surface area (Å²) in [5.74, 6) is -1.47. The topological polar surface area (TPSA) is 87.3 Å². The van der Waals surface area contributed by atoms with Crippen LogP contribution in [-0.4, -0.2) is 17.7 Å². The smallest absolute Gasteiger partial charge is 0.286 e. The second-order valence-electron chi connectivity index (χ2n) is 4.92. The molecule has 6 nitrogen and oxygen atoms in total. The van der Waals surface area contributed by atoms with E-state index in [1.54, 1.807) is 42.5 Å². The number of hydrogen-bond acceptors (Lipinski definition) is 3. The number of amides is 3. The van der Waals surface area contributed by atoms with Crippen LogP contribution in [0.2, 0.25) is 0 Å². The van der Waals surface area contributed by atoms with E-state index in [2.05, 4.69) is 16.2 Å². The van der Waals surface area contributed by atoms with Crippen molar-refractivity contribution in [3.8, 4) is 0 Å². The van der Waals surface area contributed by atoms with Gasteiger partial charge in [0, 0.05) is 12.5 Å². The Morgan fingerprint density at radius 2 is 1.42 bits per heavy atom. The van der Waals surface area contributed by atoms with Gasteiger partial charge in [0.2, 0.25) is 5.91 Å². The molecule has 0 aromatic heterocycles. The van der Waals surface area contributed by atoms with E-state index in [-0.39, 0.29) is 11.6 Å². The molecular weight excluding hydrogens is 306 g/mol. The van der Waals surface area contributed by atoms with Gasteiger partial charge in [0.1, 0.15) is 5.70 Å². The molecule has 3 amide bonds. The fourth-order valence-electron chi connectivity index (χ4n) is 1.91. The number of nitrogens with one attached hydrogen (secondary N) is 3. The van der Waals surface area contributed by atoms with Gasteiger partial charge in [-0.15, -0.1) is 0 Å². The first-order valence-electron chi connectivity index (χ1n) is 7.26. The third kappa shape index (κ3) is 5.10. The van der Waals surface area contributed by atoms with E-state index in [1.165, 1.54) is 13.0 Å². The third-order valence-corrected chi connectivity index (χ3v) is 2.99. The molecule has 0 atom stereocenters. The van der Waals surface area contributed by atoms with Crippen LogP contribution in [0.3, 0.4) is 0 Å². The van der Waals surface area contributed by atoms with Gasteiger partial charge in [0.05, 0.1) is 0 Å². The fraction of sp³-hybridized carbons (Fsp3) is 0.0556. The molecule has 3 N–H and O–H groups in total. The van der Waals surface area contributed by atoms with Crippen molar-refractivity contribution in [2.45, 2.75) is 6.92 Å². The molecule has 0 radical (unpaired) electrons. The molecule has 0 saturated heterocycles. The highest BCUT2D eigenvalue weighted by Crippen LogP contribution is 2.05. The molecular formula is C18H17N3O3. The van der Waals surface area contributed by atoms with Crippen LogP contribution in [0.4, 0.5) is 0 Å². The Hall–Kier alpha value is -3.41. The molecule has 6 heteroatoms. The highest BCUT2D eigenvalue weighted by Gasteiger charge is 2.13. The highest BCUT2D eigenvalue weighted by atomic mass is 16.2. The Bertz CT molecular complexity index is 756. The van der Waals surface area contributed by atoms with E-state index in [9.17, 15) is 14.4 Å². The zero-order valence-electron chi connectivity index (χ0n) is 13.1. The molecule has 0 aliphatic rings. The summed E-state index contributed by atoms with van der Waals surface area (Å²) in [6.07, 6.45) is 1.52. The summed E-state index contributed by atoms with van der Waals surface area (Å²) in [4.78, 5) is 35.4. The van der Waals surface area contributed by atoms with Crippen LogP contribution in [0.15, 0.2) is 66.4 Å². The van der Waals surface area contributed by atoms with Crippen molar-refractivity contribution in [1.29, 1.82) is 0 Å². The maximum absolute atomic E-state index is 12.2. The summed E-state index contributed by atoms with van der Waals surface area (Å²) in [5, 5.41) is 2.45. The SMILES string of the molecule is CC(=O)N/C(=C\c1ccccc1)C(=O)NNC(=O)c1ccccc1. The Kier molecular flexibility index (Phi) is 5.85. The summed E-state index contributed by atoms with van der Waals surface area (Å²) in [6, 6.07) is 17.5. The lowest BCUT2D eigenvalue weighted by atomic mass is 10.2. The van der Waals surface area contributed by atoms with Gasteiger partial charge < -0.3 is 5.32 Å². The first-order chi connectivity index (χ1) is 11.6. The summed E-state index contributed by atoms with van der Waals surface area (Å²) in [6.45, 7) is 1.30. The quantitative estimate of drug-likeness (QED) is 0.590. The minimum absolute atomic E-state index is 0.0297. The van der Waals surface area contributed by atoms with Gasteiger partial charge >= 0.3 is 0 Å². The van der Waals surface area contributed by atoms with Crippen LogP contribution < -0.4 is 16.2 Å². The van der Waals surface area contributed by atoms with Gasteiger partial charge in [0.15, 0.2) is 0 Å². The second kappa shape index (κ2) is 8.28. The van der Waals surface area contributed by atoms with Crippen molar-refractivity contribution < 1.29 is 14.4 Å². The maximum atomic E-state index is 12.2. The zero-order chi connectivity index (χ0) is 17.4. The molecule has 0 bridgehead atoms. The lowest BCUT2D eigenvalue weighted by molar-refractivity contribution is -0.122. The number of carbonyl (C=O) groups is 3. The molecule has 0 fully saturated rings. The van der Waals surface area contributed by atoms with Crippen LogP contribution in [0.25, 0.3) is 6.08 Å². The Morgan fingerprint density at radius 1 is 0.833 bits per heavy atom. The lowest BCUT2D eigenvalue weighted by Gasteiger charge is -2.11. The van der Waals surface area contributed by atoms with Gasteiger partial charge in [-0.3, -0.25) is 25.2 Å². The van der Waals surface area contributed by atoms with Crippen LogP contribution in [0.5, 0.6) is 0 Å². The van der Waals surface area contributed by atoms with E-state index in [0.717, 1.165) is 5.56 Å². The number of hydrogen-bond donors (Lipinski definition) is 3. The molecule has 2 rings (SSSR count). The minimum atomic E-state index is -0.627. The predicted molar refractivity (Wildman–Crippen MR) is 90.3 cm³/mol. The van der Waals surface area contributed by atoms with E-state index < -0.39 is 11.8 Å². The third-order valence-electron chi connectivity index (χ3n) is 2.99. The number of rotatable bonds is 4. The van der Waals surface area contributed by atoms with E-state index in [4.69, 9.17) is 0 Å². The van der Waals surface area contributed by atoms with E-state index in [0.29, 0.717) is 5.56 Å². The van der Waals surface area contributed by atoms with Crippen molar-refractivity contribution >= 4 is 23.8 Å². The normalized spacial score (nSPS) is 10.6. The number of hydrazine groups is 1. The lowest BCUT2D eigenvalue weighted by Crippen LogP contribution is -2.44. The average molecular weight is 323 g/mol. The van der Waals surface area contributed by atoms with Crippen LogP contribution in [0, 0.1) is 0 Å². The monoisotopic (exact) mass is 323 g/mol. The van der Waals surface area contributed by atoms with E-state index >= 15 is 0 Å². The maximum Gasteiger partial charge on any atom is 0.286 e. The molecule has 122 valence electrons. The zero-order valence-corrected chi connectivity index (χ0v) is 13.1. The molecule has 2 aromatic carbocycles. The van der Waals surface area contributed by atoms with Gasteiger partial charge in [-0.1, -0.05) is 48.5 Å². The van der Waals surface area contributed by atoms with Gasteiger partial charge in [-0.25, -0.2) is 0 Å². The van der Waals surface area contributed by atoms with Crippen molar-refractivity contribution in [3.63, 3.8) is 0 Å². The first-order valence-corrected chi connectivity index (χ1v) is 7.26. The summed E-state index contributed by atoms with van der Waals surface area (Å²) < 4.78 is 0. The standard InChI is InChI=1S/C18H17N3O3/c1-13(22)19-16(12-14-8-4-2-5-9-14)18(24)21-20-17(23)15-10-6-3-7-11-15/h2-12H,1H3,(H,19,22)(H,20,23)(H,21,24)/b16-12-. The number of carbonyl (C=O) groups excluding carboxylic acids is 3. The van der Waals surface area contributed by atoms with Crippen molar-refractivity contribution in [3.05, 3.63) is 77.5 Å². The Morgan fingerprint density at radius 3 is 2.00 bits per heavy atom. The first kappa shape index (κ1) is 17.0. The van der Waals surface area contributed by atoms with Gasteiger partial charge in [0.25, 0.3) is 11.8 Å².